The second-order valence-corrected chi connectivity index (χ2v) is 5.64. The van der Waals surface area contributed by atoms with Crippen LogP contribution in [0.4, 0.5) is 0 Å². The molecular formula is C11H18N4O3. The number of carboxylic acid groups (broad SMARTS) is 1. The highest BCUT2D eigenvalue weighted by molar-refractivity contribution is 5.94. The molecule has 0 aliphatic carbocycles. The van der Waals surface area contributed by atoms with Gasteiger partial charge in [-0.05, 0) is 13.8 Å². The largest absolute Gasteiger partial charge is 0.480 e. The van der Waals surface area contributed by atoms with Gasteiger partial charge in [-0.3, -0.25) is 9.89 Å². The number of aromatic nitrogens is 3. The van der Waals surface area contributed by atoms with E-state index in [4.69, 9.17) is 5.11 Å². The Kier molecular flexibility index (Phi) is 3.45. The lowest BCUT2D eigenvalue weighted by Gasteiger charge is -2.19. The van der Waals surface area contributed by atoms with Gasteiger partial charge < -0.3 is 10.4 Å². The lowest BCUT2D eigenvalue weighted by Crippen LogP contribution is -2.49. The first kappa shape index (κ1) is 14.1. The molecule has 1 aromatic heterocycles. The maximum absolute atomic E-state index is 11.8. The quantitative estimate of drug-likeness (QED) is 0.735. The van der Waals surface area contributed by atoms with Gasteiger partial charge in [-0.1, -0.05) is 20.8 Å². The first-order valence-electron chi connectivity index (χ1n) is 5.53. The van der Waals surface area contributed by atoms with Crippen molar-refractivity contribution in [3.8, 4) is 0 Å². The smallest absolute Gasteiger partial charge is 0.328 e. The molecule has 0 saturated heterocycles. The van der Waals surface area contributed by atoms with E-state index in [0.717, 1.165) is 0 Å². The maximum Gasteiger partial charge on any atom is 0.328 e. The highest BCUT2D eigenvalue weighted by atomic mass is 16.4. The van der Waals surface area contributed by atoms with Crippen molar-refractivity contribution in [2.75, 3.05) is 0 Å². The zero-order valence-corrected chi connectivity index (χ0v) is 11.2. The number of hydrogen-bond donors (Lipinski definition) is 3. The zero-order chi connectivity index (χ0) is 14.1. The highest BCUT2D eigenvalue weighted by Gasteiger charge is 2.31. The van der Waals surface area contributed by atoms with Crippen LogP contribution in [0.15, 0.2) is 0 Å². The summed E-state index contributed by atoms with van der Waals surface area (Å²) in [5.41, 5.74) is -1.62. The molecule has 100 valence electrons. The third-order valence-corrected chi connectivity index (χ3v) is 2.36. The van der Waals surface area contributed by atoms with Crippen molar-refractivity contribution in [2.45, 2.75) is 45.6 Å². The van der Waals surface area contributed by atoms with E-state index in [1.165, 1.54) is 13.8 Å². The molecule has 7 nitrogen and oxygen atoms in total. The van der Waals surface area contributed by atoms with Crippen LogP contribution in [0.5, 0.6) is 0 Å². The van der Waals surface area contributed by atoms with Crippen molar-refractivity contribution >= 4 is 11.9 Å². The molecule has 18 heavy (non-hydrogen) atoms. The fraction of sp³-hybridized carbons (Fsp3) is 0.636. The topological polar surface area (TPSA) is 108 Å². The summed E-state index contributed by atoms with van der Waals surface area (Å²) in [6.07, 6.45) is 0. The Morgan fingerprint density at radius 3 is 2.17 bits per heavy atom. The standard InChI is InChI=1S/C11H18N4O3/c1-10(2,3)8-12-6(14-15-8)7(16)13-11(4,5)9(17)18/h1-5H3,(H,13,16)(H,17,18)(H,12,14,15). The Labute approximate surface area is 105 Å². The Morgan fingerprint density at radius 1 is 1.22 bits per heavy atom. The van der Waals surface area contributed by atoms with Crippen LogP contribution in [0.2, 0.25) is 0 Å². The molecule has 0 bridgehead atoms. The lowest BCUT2D eigenvalue weighted by molar-refractivity contribution is -0.143. The number of hydrogen-bond acceptors (Lipinski definition) is 4. The van der Waals surface area contributed by atoms with Crippen molar-refractivity contribution < 1.29 is 14.7 Å². The van der Waals surface area contributed by atoms with E-state index in [0.29, 0.717) is 5.82 Å². The first-order valence-corrected chi connectivity index (χ1v) is 5.53. The Hall–Kier alpha value is -1.92. The summed E-state index contributed by atoms with van der Waals surface area (Å²) in [4.78, 5) is 26.7. The third kappa shape index (κ3) is 3.06. The molecule has 7 heteroatoms. The van der Waals surface area contributed by atoms with E-state index >= 15 is 0 Å². The molecule has 1 rings (SSSR count). The minimum absolute atomic E-state index is 0.0609. The van der Waals surface area contributed by atoms with Crippen LogP contribution in [-0.4, -0.2) is 37.7 Å². The second-order valence-electron chi connectivity index (χ2n) is 5.64. The number of rotatable bonds is 3. The molecule has 0 spiro atoms. The van der Waals surface area contributed by atoms with Crippen molar-refractivity contribution in [2.24, 2.45) is 0 Å². The minimum Gasteiger partial charge on any atom is -0.480 e. The van der Waals surface area contributed by atoms with Crippen LogP contribution >= 0.6 is 0 Å². The fourth-order valence-corrected chi connectivity index (χ4v) is 1.09. The summed E-state index contributed by atoms with van der Waals surface area (Å²) in [5.74, 6) is -1.23. The SMILES string of the molecule is CC(C)(NC(=O)c1n[nH]c(C(C)(C)C)n1)C(=O)O. The lowest BCUT2D eigenvalue weighted by atomic mass is 9.96. The van der Waals surface area contributed by atoms with Gasteiger partial charge in [0.15, 0.2) is 0 Å². The Bertz CT molecular complexity index is 471. The predicted molar refractivity (Wildman–Crippen MR) is 64.3 cm³/mol. The van der Waals surface area contributed by atoms with Gasteiger partial charge in [-0.2, -0.15) is 0 Å². The molecule has 0 fully saturated rings. The average molecular weight is 254 g/mol. The van der Waals surface area contributed by atoms with Crippen molar-refractivity contribution in [1.82, 2.24) is 20.5 Å². The van der Waals surface area contributed by atoms with E-state index in [2.05, 4.69) is 20.5 Å². The number of amides is 1. The summed E-state index contributed by atoms with van der Waals surface area (Å²) in [6.45, 7) is 8.57. The van der Waals surface area contributed by atoms with Gasteiger partial charge in [0.2, 0.25) is 5.82 Å². The van der Waals surface area contributed by atoms with Gasteiger partial charge >= 0.3 is 5.97 Å². The van der Waals surface area contributed by atoms with Gasteiger partial charge in [0.1, 0.15) is 11.4 Å². The molecule has 0 aromatic carbocycles. The van der Waals surface area contributed by atoms with Crippen molar-refractivity contribution in [3.05, 3.63) is 11.6 Å². The van der Waals surface area contributed by atoms with Gasteiger partial charge in [-0.15, -0.1) is 5.10 Å². The molecule has 1 heterocycles. The van der Waals surface area contributed by atoms with Crippen LogP contribution < -0.4 is 5.32 Å². The number of carbonyl (C=O) groups is 2. The number of aliphatic carboxylic acids is 1. The molecule has 0 aliphatic rings. The van der Waals surface area contributed by atoms with E-state index in [9.17, 15) is 9.59 Å². The average Bonchev–Trinajstić information content (AvgIpc) is 2.64. The van der Waals surface area contributed by atoms with Gasteiger partial charge in [0, 0.05) is 5.41 Å². The molecule has 1 amide bonds. The monoisotopic (exact) mass is 254 g/mol. The van der Waals surface area contributed by atoms with E-state index < -0.39 is 17.4 Å². The number of nitrogens with one attached hydrogen (secondary N) is 2. The number of H-pyrrole nitrogens is 1. The summed E-state index contributed by atoms with van der Waals surface area (Å²) < 4.78 is 0. The van der Waals surface area contributed by atoms with Gasteiger partial charge in [0.05, 0.1) is 0 Å². The van der Waals surface area contributed by atoms with E-state index in [1.807, 2.05) is 20.8 Å². The normalized spacial score (nSPS) is 12.3. The number of aromatic amines is 1. The maximum atomic E-state index is 11.8. The van der Waals surface area contributed by atoms with Gasteiger partial charge in [-0.25, -0.2) is 9.78 Å². The zero-order valence-electron chi connectivity index (χ0n) is 11.2. The fourth-order valence-electron chi connectivity index (χ4n) is 1.09. The van der Waals surface area contributed by atoms with Crippen LogP contribution in [0.25, 0.3) is 0 Å². The van der Waals surface area contributed by atoms with E-state index in [-0.39, 0.29) is 11.2 Å². The van der Waals surface area contributed by atoms with Crippen LogP contribution in [0, 0.1) is 0 Å². The molecule has 1 aromatic rings. The predicted octanol–water partition coefficient (Wildman–Crippen LogP) is 0.695. The van der Waals surface area contributed by atoms with Gasteiger partial charge in [0.25, 0.3) is 5.91 Å². The number of carbonyl (C=O) groups excluding carboxylic acids is 1. The molecule has 0 atom stereocenters. The Balaban J connectivity index is 2.87. The molecule has 3 N–H and O–H groups in total. The summed E-state index contributed by atoms with van der Waals surface area (Å²) in [6, 6.07) is 0. The molecule has 0 saturated carbocycles. The van der Waals surface area contributed by atoms with Crippen LogP contribution in [-0.2, 0) is 10.2 Å². The molecular weight excluding hydrogens is 236 g/mol. The highest BCUT2D eigenvalue weighted by Crippen LogP contribution is 2.17. The second kappa shape index (κ2) is 4.40. The Morgan fingerprint density at radius 2 is 1.78 bits per heavy atom. The number of carboxylic acids is 1. The molecule has 0 aliphatic heterocycles. The van der Waals surface area contributed by atoms with Crippen LogP contribution in [0.3, 0.4) is 0 Å². The molecule has 0 unspecified atom stereocenters. The van der Waals surface area contributed by atoms with Crippen LogP contribution in [0.1, 0.15) is 51.1 Å². The summed E-state index contributed by atoms with van der Waals surface area (Å²) in [7, 11) is 0. The summed E-state index contributed by atoms with van der Waals surface area (Å²) in [5, 5.41) is 17.7. The number of nitrogens with zero attached hydrogens (tertiary/aromatic N) is 2. The van der Waals surface area contributed by atoms with Crippen molar-refractivity contribution in [1.29, 1.82) is 0 Å². The minimum atomic E-state index is -1.36. The van der Waals surface area contributed by atoms with Crippen molar-refractivity contribution in [3.63, 3.8) is 0 Å². The molecule has 0 radical (unpaired) electrons. The first-order chi connectivity index (χ1) is 8.04. The van der Waals surface area contributed by atoms with E-state index in [1.54, 1.807) is 0 Å². The summed E-state index contributed by atoms with van der Waals surface area (Å²) >= 11 is 0. The third-order valence-electron chi connectivity index (χ3n) is 2.36.